The van der Waals surface area contributed by atoms with Crippen LogP contribution in [0.1, 0.15) is 25.3 Å². The number of halogens is 3. The molecule has 0 fully saturated rings. The molecule has 0 radical (unpaired) electrons. The van der Waals surface area contributed by atoms with Gasteiger partial charge in [-0.15, -0.1) is 0 Å². The van der Waals surface area contributed by atoms with Crippen molar-refractivity contribution >= 4 is 37.6 Å². The molecule has 0 aliphatic carbocycles. The highest BCUT2D eigenvalue weighted by Gasteiger charge is 2.22. The van der Waals surface area contributed by atoms with Gasteiger partial charge >= 0.3 is 0 Å². The van der Waals surface area contributed by atoms with E-state index in [0.717, 1.165) is 10.0 Å². The number of alkyl halides is 1. The zero-order valence-electron chi connectivity index (χ0n) is 8.43. The Labute approximate surface area is 105 Å². The van der Waals surface area contributed by atoms with Crippen LogP contribution in [0.2, 0.25) is 0 Å². The number of Topliss-reactive ketones (excluding diaryl/α,β-unsaturated/α-hetero) is 1. The van der Waals surface area contributed by atoms with Gasteiger partial charge in [0.05, 0.1) is 4.83 Å². The molecule has 0 spiro atoms. The maximum absolute atomic E-state index is 13.1. The molecule has 0 aliphatic heterocycles. The molecule has 1 aromatic carbocycles. The molecule has 0 heterocycles. The number of hydrogen-bond donors (Lipinski definition) is 0. The first kappa shape index (κ1) is 12.8. The second kappa shape index (κ2) is 5.21. The number of rotatable bonds is 3. The molecule has 0 aromatic heterocycles. The second-order valence-electron chi connectivity index (χ2n) is 3.47. The van der Waals surface area contributed by atoms with Crippen LogP contribution in [0.4, 0.5) is 4.39 Å². The Bertz CT molecular complexity index is 379. The fourth-order valence-corrected chi connectivity index (χ4v) is 2.27. The molecular weight excluding hydrogens is 327 g/mol. The van der Waals surface area contributed by atoms with Gasteiger partial charge in [0.1, 0.15) is 11.6 Å². The Morgan fingerprint density at radius 1 is 1.47 bits per heavy atom. The van der Waals surface area contributed by atoms with Crippen molar-refractivity contribution in [3.05, 3.63) is 34.1 Å². The Kier molecular flexibility index (Phi) is 4.46. The lowest BCUT2D eigenvalue weighted by Gasteiger charge is -2.17. The third-order valence-corrected chi connectivity index (χ3v) is 4.44. The molecule has 1 nitrogen and oxygen atoms in total. The average molecular weight is 338 g/mol. The molecule has 15 heavy (non-hydrogen) atoms. The maximum Gasteiger partial charge on any atom is 0.144 e. The third-order valence-electron chi connectivity index (χ3n) is 2.28. The molecular formula is C11H11Br2FO. The summed E-state index contributed by atoms with van der Waals surface area (Å²) in [6.07, 6.45) is 0. The summed E-state index contributed by atoms with van der Waals surface area (Å²) < 4.78 is 13.9. The van der Waals surface area contributed by atoms with E-state index in [2.05, 4.69) is 31.9 Å². The minimum Gasteiger partial charge on any atom is -0.299 e. The van der Waals surface area contributed by atoms with Gasteiger partial charge in [-0.1, -0.05) is 38.8 Å². The van der Waals surface area contributed by atoms with Gasteiger partial charge in [-0.25, -0.2) is 4.39 Å². The monoisotopic (exact) mass is 336 g/mol. The van der Waals surface area contributed by atoms with Gasteiger partial charge in [-0.3, -0.25) is 4.79 Å². The van der Waals surface area contributed by atoms with E-state index >= 15 is 0 Å². The first-order valence-electron chi connectivity index (χ1n) is 4.53. The molecule has 0 aliphatic rings. The van der Waals surface area contributed by atoms with Crippen LogP contribution in [0.3, 0.4) is 0 Å². The summed E-state index contributed by atoms with van der Waals surface area (Å²) in [5.74, 6) is -0.311. The van der Waals surface area contributed by atoms with Crippen LogP contribution in [0.15, 0.2) is 22.7 Å². The van der Waals surface area contributed by atoms with Gasteiger partial charge in [-0.2, -0.15) is 0 Å². The van der Waals surface area contributed by atoms with Gasteiger partial charge in [0.25, 0.3) is 0 Å². The molecule has 4 heteroatoms. The predicted octanol–water partition coefficient (Wildman–Crippen LogP) is 4.04. The fourth-order valence-electron chi connectivity index (χ4n) is 1.37. The third kappa shape index (κ3) is 3.11. The number of carbonyl (C=O) groups is 1. The van der Waals surface area contributed by atoms with Crippen LogP contribution in [0.5, 0.6) is 0 Å². The van der Waals surface area contributed by atoms with Crippen molar-refractivity contribution in [3.8, 4) is 0 Å². The summed E-state index contributed by atoms with van der Waals surface area (Å²) in [5.41, 5.74) is 0.798. The summed E-state index contributed by atoms with van der Waals surface area (Å²) >= 11 is 6.66. The fraction of sp³-hybridized carbons (Fsp3) is 0.364. The van der Waals surface area contributed by atoms with Crippen molar-refractivity contribution in [1.29, 1.82) is 0 Å². The van der Waals surface area contributed by atoms with Crippen molar-refractivity contribution in [3.63, 3.8) is 0 Å². The van der Waals surface area contributed by atoms with E-state index in [-0.39, 0.29) is 22.3 Å². The van der Waals surface area contributed by atoms with Crippen molar-refractivity contribution in [2.45, 2.75) is 24.6 Å². The number of carbonyl (C=O) groups excluding carboxylic acids is 1. The molecule has 1 aromatic rings. The van der Waals surface area contributed by atoms with Crippen LogP contribution in [0.25, 0.3) is 0 Å². The molecule has 2 atom stereocenters. The number of hydrogen-bond acceptors (Lipinski definition) is 1. The standard InChI is InChI=1S/C11H11Br2FO/c1-6(11(13)7(2)15)9-5-8(14)3-4-10(9)12/h3-6,11H,1-2H3. The molecule has 0 amide bonds. The molecule has 0 saturated heterocycles. The van der Waals surface area contributed by atoms with Gasteiger partial charge in [0.2, 0.25) is 0 Å². The van der Waals surface area contributed by atoms with Crippen molar-refractivity contribution < 1.29 is 9.18 Å². The van der Waals surface area contributed by atoms with E-state index in [1.54, 1.807) is 6.07 Å². The van der Waals surface area contributed by atoms with E-state index in [1.165, 1.54) is 19.1 Å². The van der Waals surface area contributed by atoms with E-state index in [1.807, 2.05) is 6.92 Å². The first-order chi connectivity index (χ1) is 6.93. The summed E-state index contributed by atoms with van der Waals surface area (Å²) in [6, 6.07) is 4.49. The molecule has 82 valence electrons. The molecule has 0 saturated carbocycles. The predicted molar refractivity (Wildman–Crippen MR) is 65.9 cm³/mol. The average Bonchev–Trinajstić information content (AvgIpc) is 2.19. The summed E-state index contributed by atoms with van der Waals surface area (Å²) in [7, 11) is 0. The van der Waals surface area contributed by atoms with Crippen LogP contribution >= 0.6 is 31.9 Å². The van der Waals surface area contributed by atoms with Crippen molar-refractivity contribution in [1.82, 2.24) is 0 Å². The van der Waals surface area contributed by atoms with Crippen LogP contribution in [-0.2, 0) is 4.79 Å². The van der Waals surface area contributed by atoms with Gasteiger partial charge in [0, 0.05) is 10.4 Å². The minimum absolute atomic E-state index is 0.0404. The van der Waals surface area contributed by atoms with Gasteiger partial charge in [-0.05, 0) is 30.7 Å². The van der Waals surface area contributed by atoms with Crippen LogP contribution < -0.4 is 0 Å². The van der Waals surface area contributed by atoms with E-state index < -0.39 is 0 Å². The molecule has 0 bridgehead atoms. The van der Waals surface area contributed by atoms with Crippen LogP contribution in [0, 0.1) is 5.82 Å². The van der Waals surface area contributed by atoms with Gasteiger partial charge in [0.15, 0.2) is 0 Å². The number of benzene rings is 1. The highest BCUT2D eigenvalue weighted by molar-refractivity contribution is 9.10. The lowest BCUT2D eigenvalue weighted by atomic mass is 9.96. The highest BCUT2D eigenvalue weighted by atomic mass is 79.9. The van der Waals surface area contributed by atoms with E-state index in [9.17, 15) is 9.18 Å². The largest absolute Gasteiger partial charge is 0.299 e. The summed E-state index contributed by atoms with van der Waals surface area (Å²) in [5, 5.41) is 0. The van der Waals surface area contributed by atoms with Crippen molar-refractivity contribution in [2.75, 3.05) is 0 Å². The number of ketones is 1. The Morgan fingerprint density at radius 2 is 2.07 bits per heavy atom. The normalized spacial score (nSPS) is 14.7. The van der Waals surface area contributed by atoms with E-state index in [4.69, 9.17) is 0 Å². The van der Waals surface area contributed by atoms with Crippen molar-refractivity contribution in [2.24, 2.45) is 0 Å². The Morgan fingerprint density at radius 3 is 2.60 bits per heavy atom. The minimum atomic E-state index is -0.289. The quantitative estimate of drug-likeness (QED) is 0.760. The maximum atomic E-state index is 13.1. The molecule has 1 rings (SSSR count). The first-order valence-corrected chi connectivity index (χ1v) is 6.24. The zero-order chi connectivity index (χ0) is 11.6. The van der Waals surface area contributed by atoms with Gasteiger partial charge < -0.3 is 0 Å². The zero-order valence-corrected chi connectivity index (χ0v) is 11.6. The Hall–Kier alpha value is -0.220. The second-order valence-corrected chi connectivity index (χ2v) is 5.31. The summed E-state index contributed by atoms with van der Waals surface area (Å²) in [4.78, 5) is 10.9. The van der Waals surface area contributed by atoms with Crippen LogP contribution in [-0.4, -0.2) is 10.6 Å². The lowest BCUT2D eigenvalue weighted by Crippen LogP contribution is -2.18. The lowest BCUT2D eigenvalue weighted by molar-refractivity contribution is -0.116. The highest BCUT2D eigenvalue weighted by Crippen LogP contribution is 2.31. The SMILES string of the molecule is CC(=O)C(Br)C(C)c1cc(F)ccc1Br. The Balaban J connectivity index is 3.04. The van der Waals surface area contributed by atoms with E-state index in [0.29, 0.717) is 0 Å². The molecule has 2 unspecified atom stereocenters. The summed E-state index contributed by atoms with van der Waals surface area (Å²) in [6.45, 7) is 3.41. The topological polar surface area (TPSA) is 17.1 Å². The molecule has 0 N–H and O–H groups in total. The smallest absolute Gasteiger partial charge is 0.144 e.